The maximum Gasteiger partial charge on any atom is 0.153 e. The van der Waals surface area contributed by atoms with Gasteiger partial charge in [-0.15, -0.1) is 0 Å². The summed E-state index contributed by atoms with van der Waals surface area (Å²) < 4.78 is 7.70. The maximum atomic E-state index is 10.1. The molecule has 1 aromatic carbocycles. The van der Waals surface area contributed by atoms with E-state index in [2.05, 4.69) is 23.0 Å². The van der Waals surface area contributed by atoms with Crippen molar-refractivity contribution in [1.82, 2.24) is 19.7 Å². The minimum Gasteiger partial charge on any atom is -0.390 e. The minimum absolute atomic E-state index is 0.0518. The first-order valence-electron chi connectivity index (χ1n) is 10.9. The first kappa shape index (κ1) is 20.4. The summed E-state index contributed by atoms with van der Waals surface area (Å²) in [6.45, 7) is 6.30. The van der Waals surface area contributed by atoms with Gasteiger partial charge < -0.3 is 20.5 Å². The van der Waals surface area contributed by atoms with E-state index < -0.39 is 0 Å². The monoisotopic (exact) mass is 422 g/mol. The molecule has 0 unspecified atom stereocenters. The Morgan fingerprint density at radius 2 is 2.03 bits per heavy atom. The van der Waals surface area contributed by atoms with Crippen LogP contribution in [0.5, 0.6) is 0 Å². The number of nitrogens with two attached hydrogens (primary N) is 1. The molecule has 1 spiro atoms. The molecule has 4 heterocycles. The van der Waals surface area contributed by atoms with Gasteiger partial charge in [-0.1, -0.05) is 12.1 Å². The van der Waals surface area contributed by atoms with Crippen molar-refractivity contribution >= 4 is 16.7 Å². The highest BCUT2D eigenvalue weighted by atomic mass is 16.5. The van der Waals surface area contributed by atoms with Gasteiger partial charge in [0.25, 0.3) is 0 Å². The number of benzene rings is 1. The third kappa shape index (κ3) is 3.30. The topological polar surface area (TPSA) is 102 Å². The van der Waals surface area contributed by atoms with Crippen molar-refractivity contribution in [3.8, 4) is 11.3 Å². The Morgan fingerprint density at radius 1 is 1.26 bits per heavy atom. The highest BCUT2D eigenvalue weighted by molar-refractivity contribution is 5.84. The smallest absolute Gasteiger partial charge is 0.153 e. The Hall–Kier alpha value is -2.55. The zero-order chi connectivity index (χ0) is 21.8. The fourth-order valence-corrected chi connectivity index (χ4v) is 5.10. The zero-order valence-electron chi connectivity index (χ0n) is 18.4. The van der Waals surface area contributed by atoms with Gasteiger partial charge in [0.2, 0.25) is 0 Å². The molecule has 0 radical (unpaired) electrons. The number of hydrogen-bond acceptors (Lipinski definition) is 7. The zero-order valence-corrected chi connectivity index (χ0v) is 18.4. The molecule has 164 valence electrons. The number of fused-ring (bicyclic) bond motifs is 1. The van der Waals surface area contributed by atoms with Gasteiger partial charge >= 0.3 is 0 Å². The van der Waals surface area contributed by atoms with Crippen molar-refractivity contribution in [1.29, 1.82) is 0 Å². The first-order valence-corrected chi connectivity index (χ1v) is 10.9. The summed E-state index contributed by atoms with van der Waals surface area (Å²) in [6, 6.07) is 6.23. The van der Waals surface area contributed by atoms with Crippen molar-refractivity contribution in [2.75, 3.05) is 24.6 Å². The lowest BCUT2D eigenvalue weighted by Crippen LogP contribution is -2.51. The van der Waals surface area contributed by atoms with Crippen LogP contribution in [0.2, 0.25) is 0 Å². The summed E-state index contributed by atoms with van der Waals surface area (Å²) in [6.07, 6.45) is 3.88. The van der Waals surface area contributed by atoms with Gasteiger partial charge in [-0.05, 0) is 32.8 Å². The highest BCUT2D eigenvalue weighted by Crippen LogP contribution is 2.42. The van der Waals surface area contributed by atoms with E-state index in [-0.39, 0.29) is 24.2 Å². The van der Waals surface area contributed by atoms with Crippen molar-refractivity contribution in [2.24, 2.45) is 18.2 Å². The number of rotatable bonds is 3. The number of aromatic nitrogens is 4. The van der Waals surface area contributed by atoms with Crippen molar-refractivity contribution in [2.45, 2.75) is 45.4 Å². The molecule has 2 atom stereocenters. The summed E-state index contributed by atoms with van der Waals surface area (Å²) >= 11 is 0. The van der Waals surface area contributed by atoms with E-state index in [4.69, 9.17) is 20.4 Å². The van der Waals surface area contributed by atoms with Crippen LogP contribution in [0.15, 0.2) is 24.4 Å². The van der Waals surface area contributed by atoms with Crippen molar-refractivity contribution < 1.29 is 9.84 Å². The molecular formula is C23H30N6O2. The van der Waals surface area contributed by atoms with Crippen LogP contribution in [0.4, 0.5) is 5.82 Å². The number of aliphatic hydroxyl groups is 1. The average Bonchev–Trinajstić information content (AvgIpc) is 3.29. The van der Waals surface area contributed by atoms with E-state index in [0.717, 1.165) is 66.2 Å². The number of aliphatic hydroxyl groups excluding tert-OH is 1. The molecule has 8 heteroatoms. The third-order valence-corrected chi connectivity index (χ3v) is 7.20. The van der Waals surface area contributed by atoms with E-state index >= 15 is 0 Å². The van der Waals surface area contributed by atoms with Gasteiger partial charge in [-0.2, -0.15) is 5.10 Å². The summed E-state index contributed by atoms with van der Waals surface area (Å²) in [4.78, 5) is 12.0. The maximum absolute atomic E-state index is 10.1. The molecule has 8 nitrogen and oxygen atoms in total. The molecule has 2 aliphatic rings. The summed E-state index contributed by atoms with van der Waals surface area (Å²) in [5, 5.41) is 15.5. The van der Waals surface area contributed by atoms with Crippen LogP contribution in [0.3, 0.4) is 0 Å². The summed E-state index contributed by atoms with van der Waals surface area (Å²) in [5.74, 6) is 0.778. The van der Waals surface area contributed by atoms with Gasteiger partial charge in [0.15, 0.2) is 5.82 Å². The Bertz CT molecular complexity index is 1120. The lowest BCUT2D eigenvalue weighted by molar-refractivity contribution is 0.0973. The largest absolute Gasteiger partial charge is 0.390 e. The van der Waals surface area contributed by atoms with E-state index in [1.54, 1.807) is 0 Å². The average molecular weight is 423 g/mol. The summed E-state index contributed by atoms with van der Waals surface area (Å²) in [7, 11) is 1.93. The second-order valence-electron chi connectivity index (χ2n) is 9.02. The number of piperidine rings is 1. The molecule has 0 amide bonds. The van der Waals surface area contributed by atoms with Crippen LogP contribution in [0.25, 0.3) is 22.2 Å². The Kier molecular flexibility index (Phi) is 4.96. The number of aryl methyl sites for hydroxylation is 2. The second kappa shape index (κ2) is 7.55. The summed E-state index contributed by atoms with van der Waals surface area (Å²) in [5.41, 5.74) is 10.8. The van der Waals surface area contributed by atoms with E-state index in [9.17, 15) is 5.11 Å². The molecular weight excluding hydrogens is 392 g/mol. The second-order valence-corrected chi connectivity index (χ2v) is 9.02. The quantitative estimate of drug-likeness (QED) is 0.667. The molecule has 2 aliphatic heterocycles. The van der Waals surface area contributed by atoms with E-state index in [1.807, 2.05) is 37.0 Å². The van der Waals surface area contributed by atoms with Crippen molar-refractivity contribution in [3.05, 3.63) is 35.8 Å². The Morgan fingerprint density at radius 3 is 2.71 bits per heavy atom. The van der Waals surface area contributed by atoms with E-state index in [1.165, 1.54) is 0 Å². The van der Waals surface area contributed by atoms with Gasteiger partial charge in [-0.25, -0.2) is 9.97 Å². The number of anilines is 1. The molecule has 2 aromatic heterocycles. The van der Waals surface area contributed by atoms with Gasteiger partial charge in [-0.3, -0.25) is 4.68 Å². The minimum atomic E-state index is -0.148. The van der Waals surface area contributed by atoms with E-state index in [0.29, 0.717) is 5.69 Å². The number of hydrogen-bond donors (Lipinski definition) is 2. The van der Waals surface area contributed by atoms with Crippen LogP contribution in [-0.4, -0.2) is 56.7 Å². The van der Waals surface area contributed by atoms with Crippen LogP contribution in [-0.2, 0) is 18.4 Å². The normalized spacial score (nSPS) is 23.2. The molecule has 0 aliphatic carbocycles. The third-order valence-electron chi connectivity index (χ3n) is 7.20. The molecule has 2 saturated heterocycles. The Balaban J connectivity index is 1.44. The standard InChI is InChI=1S/C23H30N6O2/c1-14-20(16-4-5-17-11-25-28(3)19(17)10-16)27-18(12-30)22(26-14)29-8-6-23(7-9-29)13-31-15(2)21(23)24/h4-5,10-11,15,21,30H,6-9,12-13,24H2,1-3H3/t15-,21+/m0/s1. The molecule has 0 bridgehead atoms. The first-order chi connectivity index (χ1) is 14.9. The molecule has 31 heavy (non-hydrogen) atoms. The fraction of sp³-hybridized carbons (Fsp3) is 0.522. The molecule has 2 fully saturated rings. The van der Waals surface area contributed by atoms with Gasteiger partial charge in [0.05, 0.1) is 42.4 Å². The van der Waals surface area contributed by atoms with Crippen LogP contribution < -0.4 is 10.6 Å². The lowest BCUT2D eigenvalue weighted by Gasteiger charge is -2.42. The van der Waals surface area contributed by atoms with Crippen LogP contribution in [0, 0.1) is 12.3 Å². The predicted octanol–water partition coefficient (Wildman–Crippen LogP) is 2.16. The number of ether oxygens (including phenoxy) is 1. The molecule has 3 N–H and O–H groups in total. The molecule has 5 rings (SSSR count). The van der Waals surface area contributed by atoms with Gasteiger partial charge in [0, 0.05) is 42.5 Å². The lowest BCUT2D eigenvalue weighted by atomic mass is 9.73. The molecule has 0 saturated carbocycles. The highest BCUT2D eigenvalue weighted by Gasteiger charge is 2.47. The fourth-order valence-electron chi connectivity index (χ4n) is 5.10. The Labute approximate surface area is 182 Å². The van der Waals surface area contributed by atoms with Crippen LogP contribution >= 0.6 is 0 Å². The SMILES string of the molecule is Cc1nc(N2CCC3(CC2)CO[C@@H](C)[C@H]3N)c(CO)nc1-c1ccc2cnn(C)c2c1. The van der Waals surface area contributed by atoms with Gasteiger partial charge in [0.1, 0.15) is 5.69 Å². The number of nitrogens with zero attached hydrogens (tertiary/aromatic N) is 5. The van der Waals surface area contributed by atoms with Crippen molar-refractivity contribution in [3.63, 3.8) is 0 Å². The predicted molar refractivity (Wildman–Crippen MR) is 120 cm³/mol. The van der Waals surface area contributed by atoms with Crippen LogP contribution in [0.1, 0.15) is 31.2 Å². The molecule has 3 aromatic rings.